The second-order valence-electron chi connectivity index (χ2n) is 6.86. The molecule has 1 aliphatic heterocycles. The molecule has 6 nitrogen and oxygen atoms in total. The zero-order valence-electron chi connectivity index (χ0n) is 15.1. The maximum atomic E-state index is 12.1. The van der Waals surface area contributed by atoms with E-state index < -0.39 is 16.3 Å². The van der Waals surface area contributed by atoms with Crippen LogP contribution in [0.25, 0.3) is 10.8 Å². The van der Waals surface area contributed by atoms with Gasteiger partial charge in [0.25, 0.3) is 0 Å². The Kier molecular flexibility index (Phi) is 4.78. The highest BCUT2D eigenvalue weighted by Crippen LogP contribution is 2.32. The smallest absolute Gasteiger partial charge is 0.302 e. The first-order valence-corrected chi connectivity index (χ1v) is 10.5. The molecule has 1 aliphatic rings. The van der Waals surface area contributed by atoms with E-state index in [4.69, 9.17) is 0 Å². The molecule has 144 valence electrons. The minimum atomic E-state index is -3.82. The molecule has 0 spiro atoms. The molecular formula is C21H20N2O4S. The number of aldehydes is 1. The first-order valence-electron chi connectivity index (χ1n) is 9.02. The van der Waals surface area contributed by atoms with Crippen LogP contribution >= 0.6 is 0 Å². The van der Waals surface area contributed by atoms with Gasteiger partial charge in [-0.15, -0.1) is 0 Å². The Morgan fingerprint density at radius 2 is 1.86 bits per heavy atom. The van der Waals surface area contributed by atoms with Crippen LogP contribution in [0.2, 0.25) is 0 Å². The topological polar surface area (TPSA) is 86.7 Å². The summed E-state index contributed by atoms with van der Waals surface area (Å²) < 4.78 is 27.6. The van der Waals surface area contributed by atoms with Crippen molar-refractivity contribution in [2.45, 2.75) is 18.9 Å². The molecule has 28 heavy (non-hydrogen) atoms. The summed E-state index contributed by atoms with van der Waals surface area (Å²) in [5.41, 5.74) is 2.30. The van der Waals surface area contributed by atoms with Crippen molar-refractivity contribution in [3.8, 4) is 5.75 Å². The number of anilines is 1. The van der Waals surface area contributed by atoms with E-state index in [-0.39, 0.29) is 18.0 Å². The number of fused-ring (bicyclic) bond motifs is 1. The molecule has 1 saturated heterocycles. The largest absolute Gasteiger partial charge is 0.506 e. The quantitative estimate of drug-likeness (QED) is 0.649. The van der Waals surface area contributed by atoms with Crippen LogP contribution < -0.4 is 9.03 Å². The number of rotatable bonds is 5. The molecule has 0 aromatic heterocycles. The van der Waals surface area contributed by atoms with Crippen molar-refractivity contribution < 1.29 is 18.3 Å². The Hall–Kier alpha value is -2.90. The van der Waals surface area contributed by atoms with Crippen LogP contribution in [-0.2, 0) is 27.8 Å². The van der Waals surface area contributed by atoms with E-state index in [1.54, 1.807) is 12.1 Å². The number of carbonyl (C=O) groups is 1. The van der Waals surface area contributed by atoms with Crippen LogP contribution in [0, 0.1) is 0 Å². The van der Waals surface area contributed by atoms with Gasteiger partial charge in [0.2, 0.25) is 0 Å². The van der Waals surface area contributed by atoms with E-state index in [0.29, 0.717) is 12.7 Å². The number of aromatic hydroxyl groups is 1. The third kappa shape index (κ3) is 3.46. The normalized spacial score (nSPS) is 18.4. The lowest BCUT2D eigenvalue weighted by Gasteiger charge is -2.18. The number of nitrogens with zero attached hydrogens (tertiary/aromatic N) is 1. The molecule has 0 amide bonds. The van der Waals surface area contributed by atoms with Crippen LogP contribution in [0.5, 0.6) is 5.75 Å². The molecule has 1 atom stereocenters. The standard InChI is InChI=1S/C21H20N2O4S/c24-14-18-13-23(28(26,27)22-18)20-11-9-15(12-21(20)25)8-10-17-6-3-5-16-4-1-2-7-19(16)17/h1-7,9,11-12,14,18,22,25H,8,10,13H2. The summed E-state index contributed by atoms with van der Waals surface area (Å²) in [6.45, 7) is -0.0330. The summed E-state index contributed by atoms with van der Waals surface area (Å²) in [5.74, 6) is -0.118. The van der Waals surface area contributed by atoms with Crippen molar-refractivity contribution in [2.75, 3.05) is 10.8 Å². The summed E-state index contributed by atoms with van der Waals surface area (Å²) in [7, 11) is -3.82. The molecule has 2 N–H and O–H groups in total. The van der Waals surface area contributed by atoms with Gasteiger partial charge in [0.15, 0.2) is 0 Å². The number of aryl methyl sites for hydroxylation is 2. The third-order valence-corrected chi connectivity index (χ3v) is 6.52. The fraction of sp³-hybridized carbons (Fsp3) is 0.190. The molecular weight excluding hydrogens is 376 g/mol. The summed E-state index contributed by atoms with van der Waals surface area (Å²) >= 11 is 0. The van der Waals surface area contributed by atoms with Gasteiger partial charge in [-0.25, -0.2) is 0 Å². The maximum absolute atomic E-state index is 12.1. The Balaban J connectivity index is 1.54. The summed E-state index contributed by atoms with van der Waals surface area (Å²) in [6.07, 6.45) is 2.06. The molecule has 1 heterocycles. The van der Waals surface area contributed by atoms with Crippen molar-refractivity contribution in [3.63, 3.8) is 0 Å². The predicted octanol–water partition coefficient (Wildman–Crippen LogP) is 2.55. The third-order valence-electron chi connectivity index (χ3n) is 4.99. The lowest BCUT2D eigenvalue weighted by Crippen LogP contribution is -2.30. The molecule has 0 saturated carbocycles. The number of carbonyl (C=O) groups excluding carboxylic acids is 1. The average molecular weight is 396 g/mol. The van der Waals surface area contributed by atoms with Gasteiger partial charge in [-0.05, 0) is 46.9 Å². The fourth-order valence-corrected chi connectivity index (χ4v) is 5.00. The molecule has 1 unspecified atom stereocenters. The zero-order valence-corrected chi connectivity index (χ0v) is 15.9. The van der Waals surface area contributed by atoms with Crippen molar-refractivity contribution in [1.29, 1.82) is 0 Å². The van der Waals surface area contributed by atoms with Crippen molar-refractivity contribution in [2.24, 2.45) is 0 Å². The molecule has 4 rings (SSSR count). The summed E-state index contributed by atoms with van der Waals surface area (Å²) in [5, 5.41) is 12.8. The highest BCUT2D eigenvalue weighted by molar-refractivity contribution is 7.91. The molecule has 3 aromatic carbocycles. The van der Waals surface area contributed by atoms with E-state index >= 15 is 0 Å². The number of hydrogen-bond donors (Lipinski definition) is 2. The second kappa shape index (κ2) is 7.26. The van der Waals surface area contributed by atoms with Crippen molar-refractivity contribution >= 4 is 33.0 Å². The average Bonchev–Trinajstić information content (AvgIpc) is 3.00. The van der Waals surface area contributed by atoms with E-state index in [0.717, 1.165) is 16.3 Å². The number of hydrogen-bond acceptors (Lipinski definition) is 4. The van der Waals surface area contributed by atoms with Crippen LogP contribution in [0.1, 0.15) is 11.1 Å². The highest BCUT2D eigenvalue weighted by Gasteiger charge is 2.36. The second-order valence-corrected chi connectivity index (χ2v) is 8.48. The van der Waals surface area contributed by atoms with Gasteiger partial charge in [0, 0.05) is 0 Å². The molecule has 7 heteroatoms. The molecule has 1 fully saturated rings. The maximum Gasteiger partial charge on any atom is 0.302 e. The van der Waals surface area contributed by atoms with Gasteiger partial charge < -0.3 is 9.90 Å². The Bertz CT molecular complexity index is 1140. The number of benzene rings is 3. The molecule has 3 aromatic rings. The summed E-state index contributed by atoms with van der Waals surface area (Å²) in [6, 6.07) is 18.6. The van der Waals surface area contributed by atoms with E-state index in [1.165, 1.54) is 16.3 Å². The minimum Gasteiger partial charge on any atom is -0.506 e. The van der Waals surface area contributed by atoms with Crippen LogP contribution in [-0.4, -0.2) is 32.4 Å². The zero-order chi connectivity index (χ0) is 19.7. The van der Waals surface area contributed by atoms with E-state index in [2.05, 4.69) is 29.0 Å². The van der Waals surface area contributed by atoms with Gasteiger partial charge in [-0.3, -0.25) is 4.31 Å². The lowest BCUT2D eigenvalue weighted by molar-refractivity contribution is -0.108. The van der Waals surface area contributed by atoms with E-state index in [1.807, 2.05) is 24.3 Å². The first kappa shape index (κ1) is 18.5. The summed E-state index contributed by atoms with van der Waals surface area (Å²) in [4.78, 5) is 10.9. The lowest BCUT2D eigenvalue weighted by atomic mass is 9.98. The number of phenols is 1. The van der Waals surface area contributed by atoms with Gasteiger partial charge in [0.05, 0.1) is 18.3 Å². The van der Waals surface area contributed by atoms with E-state index in [9.17, 15) is 18.3 Å². The van der Waals surface area contributed by atoms with Gasteiger partial charge in [0.1, 0.15) is 12.0 Å². The number of nitrogens with one attached hydrogen (secondary N) is 1. The van der Waals surface area contributed by atoms with Crippen LogP contribution in [0.3, 0.4) is 0 Å². The highest BCUT2D eigenvalue weighted by atomic mass is 32.2. The number of phenolic OH excluding ortho intramolecular Hbond substituents is 1. The van der Waals surface area contributed by atoms with Gasteiger partial charge in [-0.1, -0.05) is 48.5 Å². The Labute approximate surface area is 163 Å². The van der Waals surface area contributed by atoms with Crippen LogP contribution in [0.15, 0.2) is 60.7 Å². The SMILES string of the molecule is O=CC1CN(c2ccc(CCc3cccc4ccccc34)cc2O)S(=O)(=O)N1. The van der Waals surface area contributed by atoms with Gasteiger partial charge >= 0.3 is 10.2 Å². The minimum absolute atomic E-state index is 0.0330. The van der Waals surface area contributed by atoms with Crippen LogP contribution in [0.4, 0.5) is 5.69 Å². The molecule has 0 bridgehead atoms. The first-order chi connectivity index (χ1) is 13.5. The fourth-order valence-electron chi connectivity index (χ4n) is 3.59. The molecule has 0 aliphatic carbocycles. The predicted molar refractivity (Wildman–Crippen MR) is 109 cm³/mol. The molecule has 0 radical (unpaired) electrons. The van der Waals surface area contributed by atoms with Gasteiger partial charge in [-0.2, -0.15) is 13.1 Å². The van der Waals surface area contributed by atoms with Crippen molar-refractivity contribution in [3.05, 3.63) is 71.8 Å². The Morgan fingerprint density at radius 3 is 2.61 bits per heavy atom. The van der Waals surface area contributed by atoms with Crippen molar-refractivity contribution in [1.82, 2.24) is 4.72 Å². The monoisotopic (exact) mass is 396 g/mol. The Morgan fingerprint density at radius 1 is 1.07 bits per heavy atom.